The average molecular weight is 287 g/mol. The molecule has 1 aromatic rings. The summed E-state index contributed by atoms with van der Waals surface area (Å²) in [6.07, 6.45) is 4.02. The first kappa shape index (κ1) is 14.4. The summed E-state index contributed by atoms with van der Waals surface area (Å²) in [5.74, 6) is 1.07. The first-order valence-electron chi connectivity index (χ1n) is 7.90. The van der Waals surface area contributed by atoms with Crippen LogP contribution in [0.5, 0.6) is 5.75 Å². The molecule has 2 fully saturated rings. The third kappa shape index (κ3) is 2.23. The predicted octanol–water partition coefficient (Wildman–Crippen LogP) is 3.27. The smallest absolute Gasteiger partial charge is 0.224 e. The number of rotatable bonds is 3. The number of fused-ring (bicyclic) bond motifs is 2. The summed E-state index contributed by atoms with van der Waals surface area (Å²) < 4.78 is 0. The lowest BCUT2D eigenvalue weighted by molar-refractivity contribution is -0.122. The molecule has 0 spiro atoms. The van der Waals surface area contributed by atoms with Crippen molar-refractivity contribution in [1.29, 1.82) is 0 Å². The van der Waals surface area contributed by atoms with Gasteiger partial charge in [0, 0.05) is 6.04 Å². The van der Waals surface area contributed by atoms with Gasteiger partial charge in [-0.1, -0.05) is 32.9 Å². The summed E-state index contributed by atoms with van der Waals surface area (Å²) in [5.41, 5.74) is 1.49. The molecule has 1 aromatic carbocycles. The maximum absolute atomic E-state index is 12.3. The van der Waals surface area contributed by atoms with Gasteiger partial charge < -0.3 is 10.4 Å². The van der Waals surface area contributed by atoms with Crippen LogP contribution in [0.1, 0.15) is 45.6 Å². The third-order valence-electron chi connectivity index (χ3n) is 6.43. The van der Waals surface area contributed by atoms with E-state index in [0.717, 1.165) is 17.9 Å². The largest absolute Gasteiger partial charge is 0.508 e. The van der Waals surface area contributed by atoms with E-state index in [1.807, 2.05) is 0 Å². The molecule has 1 amide bonds. The molecule has 21 heavy (non-hydrogen) atoms. The Labute approximate surface area is 126 Å². The molecule has 0 aliphatic heterocycles. The van der Waals surface area contributed by atoms with E-state index in [1.165, 1.54) is 12.8 Å². The molecule has 3 rings (SSSR count). The van der Waals surface area contributed by atoms with Gasteiger partial charge in [-0.25, -0.2) is 0 Å². The first-order valence-corrected chi connectivity index (χ1v) is 7.90. The van der Waals surface area contributed by atoms with Gasteiger partial charge in [0.15, 0.2) is 0 Å². The van der Waals surface area contributed by atoms with Gasteiger partial charge in [0.1, 0.15) is 5.75 Å². The van der Waals surface area contributed by atoms with Crippen molar-refractivity contribution in [3.05, 3.63) is 29.8 Å². The highest BCUT2D eigenvalue weighted by atomic mass is 16.3. The Morgan fingerprint density at radius 3 is 2.48 bits per heavy atom. The van der Waals surface area contributed by atoms with Crippen LogP contribution in [-0.4, -0.2) is 17.1 Å². The van der Waals surface area contributed by atoms with Crippen LogP contribution in [0.2, 0.25) is 0 Å². The van der Waals surface area contributed by atoms with E-state index >= 15 is 0 Å². The van der Waals surface area contributed by atoms with Crippen LogP contribution in [0, 0.1) is 16.7 Å². The first-order chi connectivity index (χ1) is 9.83. The summed E-state index contributed by atoms with van der Waals surface area (Å²) in [7, 11) is 0. The molecule has 2 aliphatic carbocycles. The zero-order valence-electron chi connectivity index (χ0n) is 13.1. The van der Waals surface area contributed by atoms with Gasteiger partial charge in [0.2, 0.25) is 5.91 Å². The SMILES string of the molecule is CC1(C)C2CCC1(C)C(NC(=O)Cc1ccc(O)cc1)C2. The van der Waals surface area contributed by atoms with Crippen molar-refractivity contribution in [2.24, 2.45) is 16.7 Å². The summed E-state index contributed by atoms with van der Waals surface area (Å²) >= 11 is 0. The molecule has 3 heteroatoms. The molecule has 114 valence electrons. The van der Waals surface area contributed by atoms with Gasteiger partial charge in [0.05, 0.1) is 6.42 Å². The van der Waals surface area contributed by atoms with E-state index in [9.17, 15) is 9.90 Å². The van der Waals surface area contributed by atoms with Crippen LogP contribution >= 0.6 is 0 Å². The number of phenols is 1. The maximum Gasteiger partial charge on any atom is 0.224 e. The Morgan fingerprint density at radius 1 is 1.29 bits per heavy atom. The van der Waals surface area contributed by atoms with Crippen LogP contribution in [-0.2, 0) is 11.2 Å². The van der Waals surface area contributed by atoms with Crippen LogP contribution in [0.25, 0.3) is 0 Å². The van der Waals surface area contributed by atoms with Crippen molar-refractivity contribution in [3.63, 3.8) is 0 Å². The van der Waals surface area contributed by atoms with E-state index in [1.54, 1.807) is 24.3 Å². The van der Waals surface area contributed by atoms with E-state index in [-0.39, 0.29) is 17.1 Å². The third-order valence-corrected chi connectivity index (χ3v) is 6.43. The molecule has 2 N–H and O–H groups in total. The molecule has 3 nitrogen and oxygen atoms in total. The Kier molecular flexibility index (Phi) is 3.27. The number of hydrogen-bond donors (Lipinski definition) is 2. The number of amides is 1. The molecule has 2 aliphatic rings. The lowest BCUT2D eigenvalue weighted by atomic mass is 9.69. The number of hydrogen-bond acceptors (Lipinski definition) is 2. The number of carbonyl (C=O) groups excluding carboxylic acids is 1. The molecule has 0 saturated heterocycles. The minimum absolute atomic E-state index is 0.0928. The molecule has 0 heterocycles. The number of aromatic hydroxyl groups is 1. The highest BCUT2D eigenvalue weighted by molar-refractivity contribution is 5.79. The van der Waals surface area contributed by atoms with Crippen molar-refractivity contribution in [2.45, 2.75) is 52.5 Å². The molecule has 2 saturated carbocycles. The van der Waals surface area contributed by atoms with Crippen LogP contribution in [0.4, 0.5) is 0 Å². The second-order valence-electron chi connectivity index (χ2n) is 7.57. The summed E-state index contributed by atoms with van der Waals surface area (Å²) in [5, 5.41) is 12.6. The number of nitrogens with one attached hydrogen (secondary N) is 1. The summed E-state index contributed by atoms with van der Waals surface area (Å²) in [6.45, 7) is 7.05. The van der Waals surface area contributed by atoms with Gasteiger partial charge in [-0.2, -0.15) is 0 Å². The van der Waals surface area contributed by atoms with Crippen molar-refractivity contribution in [1.82, 2.24) is 5.32 Å². The molecule has 0 radical (unpaired) electrons. The fraction of sp³-hybridized carbons (Fsp3) is 0.611. The molecular weight excluding hydrogens is 262 g/mol. The zero-order chi connectivity index (χ0) is 15.3. The molecule has 3 atom stereocenters. The van der Waals surface area contributed by atoms with Gasteiger partial charge in [-0.3, -0.25) is 4.79 Å². The van der Waals surface area contributed by atoms with Crippen molar-refractivity contribution in [3.8, 4) is 5.75 Å². The normalized spacial score (nSPS) is 33.1. The molecule has 3 unspecified atom stereocenters. The van der Waals surface area contributed by atoms with Crippen molar-refractivity contribution < 1.29 is 9.90 Å². The Balaban J connectivity index is 1.65. The Morgan fingerprint density at radius 2 is 1.95 bits per heavy atom. The second kappa shape index (κ2) is 4.75. The standard InChI is InChI=1S/C18H25NO2/c1-17(2)13-8-9-18(17,3)15(11-13)19-16(21)10-12-4-6-14(20)7-5-12/h4-7,13,15,20H,8-11H2,1-3H3,(H,19,21). The monoisotopic (exact) mass is 287 g/mol. The highest BCUT2D eigenvalue weighted by Crippen LogP contribution is 2.65. The minimum Gasteiger partial charge on any atom is -0.508 e. The Hall–Kier alpha value is -1.51. The maximum atomic E-state index is 12.3. The quantitative estimate of drug-likeness (QED) is 0.896. The molecule has 2 bridgehead atoms. The van der Waals surface area contributed by atoms with Gasteiger partial charge in [0.25, 0.3) is 0 Å². The lowest BCUT2D eigenvalue weighted by Gasteiger charge is -2.39. The van der Waals surface area contributed by atoms with Gasteiger partial charge in [-0.15, -0.1) is 0 Å². The van der Waals surface area contributed by atoms with Crippen LogP contribution in [0.15, 0.2) is 24.3 Å². The summed E-state index contributed by atoms with van der Waals surface area (Å²) in [4.78, 5) is 12.3. The van der Waals surface area contributed by atoms with Crippen LogP contribution < -0.4 is 5.32 Å². The zero-order valence-corrected chi connectivity index (χ0v) is 13.1. The van der Waals surface area contributed by atoms with Gasteiger partial charge in [-0.05, 0) is 53.7 Å². The molecular formula is C18H25NO2. The number of phenolic OH excluding ortho intramolecular Hbond substituents is 1. The van der Waals surface area contributed by atoms with E-state index < -0.39 is 0 Å². The highest BCUT2D eigenvalue weighted by Gasteiger charge is 2.61. The van der Waals surface area contributed by atoms with Crippen molar-refractivity contribution >= 4 is 5.91 Å². The van der Waals surface area contributed by atoms with Crippen molar-refractivity contribution in [2.75, 3.05) is 0 Å². The average Bonchev–Trinajstić information content (AvgIpc) is 2.74. The van der Waals surface area contributed by atoms with Gasteiger partial charge >= 0.3 is 0 Å². The van der Waals surface area contributed by atoms with E-state index in [0.29, 0.717) is 17.9 Å². The topological polar surface area (TPSA) is 49.3 Å². The fourth-order valence-corrected chi connectivity index (χ4v) is 4.47. The molecule has 0 aromatic heterocycles. The number of carbonyl (C=O) groups is 1. The second-order valence-corrected chi connectivity index (χ2v) is 7.57. The fourth-order valence-electron chi connectivity index (χ4n) is 4.47. The number of benzene rings is 1. The lowest BCUT2D eigenvalue weighted by Crippen LogP contribution is -2.47. The Bertz CT molecular complexity index is 549. The predicted molar refractivity (Wildman–Crippen MR) is 83.0 cm³/mol. The summed E-state index contributed by atoms with van der Waals surface area (Å²) in [6, 6.07) is 7.17. The van der Waals surface area contributed by atoms with E-state index in [2.05, 4.69) is 26.1 Å². The van der Waals surface area contributed by atoms with Crippen LogP contribution in [0.3, 0.4) is 0 Å². The minimum atomic E-state index is 0.0928. The van der Waals surface area contributed by atoms with E-state index in [4.69, 9.17) is 0 Å².